The van der Waals surface area contributed by atoms with Crippen LogP contribution in [0, 0.1) is 11.8 Å². The molecule has 2 atom stereocenters. The van der Waals surface area contributed by atoms with Crippen LogP contribution >= 0.6 is 0 Å². The van der Waals surface area contributed by atoms with Crippen LogP contribution in [0.5, 0.6) is 5.75 Å². The first-order valence-corrected chi connectivity index (χ1v) is 16.2. The molecule has 0 bridgehead atoms. The number of nitrogens with one attached hydrogen (secondary N) is 1. The van der Waals surface area contributed by atoms with E-state index >= 15 is 0 Å². The van der Waals surface area contributed by atoms with Crippen molar-refractivity contribution in [3.8, 4) is 5.75 Å². The maximum absolute atomic E-state index is 13.8. The lowest BCUT2D eigenvalue weighted by molar-refractivity contribution is -0.132. The van der Waals surface area contributed by atoms with Crippen LogP contribution in [-0.4, -0.2) is 66.5 Å². The second-order valence-electron chi connectivity index (χ2n) is 12.9. The van der Waals surface area contributed by atoms with Gasteiger partial charge in [0.05, 0.1) is 0 Å². The Hall–Kier alpha value is -3.22. The molecule has 2 fully saturated rings. The van der Waals surface area contributed by atoms with Crippen LogP contribution in [0.15, 0.2) is 54.6 Å². The van der Waals surface area contributed by atoms with Crippen molar-refractivity contribution in [3.63, 3.8) is 0 Å². The normalized spacial score (nSPS) is 18.2. The number of hydrogen-bond acceptors (Lipinski definition) is 4. The smallest absolute Gasteiger partial charge is 0.318 e. The molecule has 7 nitrogen and oxygen atoms in total. The van der Waals surface area contributed by atoms with E-state index in [9.17, 15) is 9.59 Å². The number of ether oxygens (including phenoxy) is 1. The molecule has 0 radical (unpaired) electrons. The molecule has 2 unspecified atom stereocenters. The molecular formula is C35H52N4O3. The summed E-state index contributed by atoms with van der Waals surface area (Å²) in [7, 11) is 0. The minimum atomic E-state index is -0.482. The summed E-state index contributed by atoms with van der Waals surface area (Å²) < 4.78 is 6.03. The Balaban J connectivity index is 1.40. The fourth-order valence-electron chi connectivity index (χ4n) is 6.02. The van der Waals surface area contributed by atoms with Crippen LogP contribution in [0.2, 0.25) is 0 Å². The Bertz CT molecular complexity index is 1100. The first-order chi connectivity index (χ1) is 20.3. The van der Waals surface area contributed by atoms with Crippen LogP contribution in [0.25, 0.3) is 0 Å². The number of amides is 3. The molecule has 2 aromatic rings. The zero-order valence-electron chi connectivity index (χ0n) is 26.3. The molecule has 2 aliphatic rings. The summed E-state index contributed by atoms with van der Waals surface area (Å²) >= 11 is 0. The van der Waals surface area contributed by atoms with Gasteiger partial charge in [0.2, 0.25) is 5.91 Å². The van der Waals surface area contributed by atoms with Gasteiger partial charge in [-0.3, -0.25) is 4.79 Å². The number of urea groups is 1. The molecule has 230 valence electrons. The first kappa shape index (κ1) is 31.7. The minimum Gasteiger partial charge on any atom is -0.489 e. The Morgan fingerprint density at radius 1 is 0.881 bits per heavy atom. The van der Waals surface area contributed by atoms with E-state index in [-0.39, 0.29) is 18.0 Å². The van der Waals surface area contributed by atoms with Crippen LogP contribution in [0.4, 0.5) is 10.5 Å². The molecule has 2 saturated heterocycles. The topological polar surface area (TPSA) is 65.1 Å². The lowest BCUT2D eigenvalue weighted by atomic mass is 10.0. The van der Waals surface area contributed by atoms with E-state index in [1.807, 2.05) is 28.0 Å². The van der Waals surface area contributed by atoms with Gasteiger partial charge in [0, 0.05) is 44.5 Å². The van der Waals surface area contributed by atoms with Gasteiger partial charge in [-0.25, -0.2) is 4.79 Å². The molecule has 2 aromatic carbocycles. The fraction of sp³-hybridized carbons (Fsp3) is 0.600. The lowest BCUT2D eigenvalue weighted by Crippen LogP contribution is -2.53. The Kier molecular flexibility index (Phi) is 12.0. The number of rotatable bonds is 12. The van der Waals surface area contributed by atoms with Gasteiger partial charge in [-0.1, -0.05) is 70.9 Å². The average molecular weight is 577 g/mol. The lowest BCUT2D eigenvalue weighted by Gasteiger charge is -2.33. The molecule has 1 N–H and O–H groups in total. The van der Waals surface area contributed by atoms with Gasteiger partial charge < -0.3 is 24.8 Å². The molecule has 0 aliphatic carbocycles. The molecule has 2 heterocycles. The van der Waals surface area contributed by atoms with Gasteiger partial charge in [-0.2, -0.15) is 0 Å². The SMILES string of the molecule is CC(C)CCN(c1ccc(OCc2ccccc2)cc1)C1CCN(C(=O)C(CC(C)C)NC(=O)N2CCCCCC2)C1. The van der Waals surface area contributed by atoms with Gasteiger partial charge in [0.25, 0.3) is 0 Å². The number of anilines is 1. The average Bonchev–Trinajstić information content (AvgIpc) is 3.30. The number of carbonyl (C=O) groups is 2. The standard InChI is InChI=1S/C35H52N4O3/c1-27(2)18-23-39(30-14-16-32(17-15-30)42-26-29-12-8-7-9-13-29)31-19-22-38(25-31)34(40)33(24-28(3)4)36-35(41)37-20-10-5-6-11-21-37/h7-9,12-17,27-28,31,33H,5-6,10-11,18-26H2,1-4H3,(H,36,41). The zero-order chi connectivity index (χ0) is 29.9. The van der Waals surface area contributed by atoms with E-state index in [0.717, 1.165) is 62.3 Å². The molecule has 0 saturated carbocycles. The Morgan fingerprint density at radius 3 is 2.21 bits per heavy atom. The van der Waals surface area contributed by atoms with E-state index < -0.39 is 6.04 Å². The number of benzene rings is 2. The van der Waals surface area contributed by atoms with E-state index in [1.54, 1.807) is 0 Å². The molecule has 3 amide bonds. The number of nitrogens with zero attached hydrogens (tertiary/aromatic N) is 3. The monoisotopic (exact) mass is 576 g/mol. The highest BCUT2D eigenvalue weighted by atomic mass is 16.5. The molecule has 0 spiro atoms. The predicted molar refractivity (Wildman–Crippen MR) is 171 cm³/mol. The largest absolute Gasteiger partial charge is 0.489 e. The maximum Gasteiger partial charge on any atom is 0.318 e. The summed E-state index contributed by atoms with van der Waals surface area (Å²) in [6.45, 7) is 13.2. The summed E-state index contributed by atoms with van der Waals surface area (Å²) in [5, 5.41) is 3.14. The third kappa shape index (κ3) is 9.40. The molecule has 7 heteroatoms. The van der Waals surface area contributed by atoms with Crippen LogP contribution in [0.1, 0.15) is 78.2 Å². The van der Waals surface area contributed by atoms with Gasteiger partial charge in [0.15, 0.2) is 0 Å². The second-order valence-corrected chi connectivity index (χ2v) is 12.9. The van der Waals surface area contributed by atoms with Crippen molar-refractivity contribution in [2.75, 3.05) is 37.6 Å². The number of hydrogen-bond donors (Lipinski definition) is 1. The third-order valence-corrected chi connectivity index (χ3v) is 8.48. The van der Waals surface area contributed by atoms with Gasteiger partial charge in [-0.05, 0) is 73.8 Å². The number of likely N-dealkylation sites (tertiary alicyclic amines) is 2. The van der Waals surface area contributed by atoms with E-state index in [4.69, 9.17) is 4.74 Å². The Labute approximate surface area is 253 Å². The summed E-state index contributed by atoms with van der Waals surface area (Å²) in [5.74, 6) is 1.81. The quantitative estimate of drug-likeness (QED) is 0.305. The zero-order valence-corrected chi connectivity index (χ0v) is 26.3. The molecule has 0 aromatic heterocycles. The van der Waals surface area contributed by atoms with Crippen LogP contribution in [0.3, 0.4) is 0 Å². The van der Waals surface area contributed by atoms with E-state index in [2.05, 4.69) is 74.3 Å². The highest BCUT2D eigenvalue weighted by Crippen LogP contribution is 2.27. The summed E-state index contributed by atoms with van der Waals surface area (Å²) in [5.41, 5.74) is 2.31. The minimum absolute atomic E-state index is 0.0582. The number of carbonyl (C=O) groups excluding carboxylic acids is 2. The highest BCUT2D eigenvalue weighted by molar-refractivity contribution is 5.87. The van der Waals surface area contributed by atoms with Gasteiger partial charge in [-0.15, -0.1) is 0 Å². The van der Waals surface area contributed by atoms with Crippen molar-refractivity contribution >= 4 is 17.6 Å². The molecule has 42 heavy (non-hydrogen) atoms. The second kappa shape index (κ2) is 15.9. The van der Waals surface area contributed by atoms with Crippen molar-refractivity contribution < 1.29 is 14.3 Å². The first-order valence-electron chi connectivity index (χ1n) is 16.2. The van der Waals surface area contributed by atoms with E-state index in [1.165, 1.54) is 12.8 Å². The molecule has 4 rings (SSSR count). The summed E-state index contributed by atoms with van der Waals surface area (Å²) in [4.78, 5) is 33.3. The highest BCUT2D eigenvalue weighted by Gasteiger charge is 2.35. The van der Waals surface area contributed by atoms with Gasteiger partial charge >= 0.3 is 6.03 Å². The molecular weight excluding hydrogens is 524 g/mol. The van der Waals surface area contributed by atoms with Crippen LogP contribution < -0.4 is 15.0 Å². The third-order valence-electron chi connectivity index (χ3n) is 8.48. The predicted octanol–water partition coefficient (Wildman–Crippen LogP) is 6.72. The molecule has 2 aliphatic heterocycles. The van der Waals surface area contributed by atoms with Crippen molar-refractivity contribution in [1.29, 1.82) is 0 Å². The maximum atomic E-state index is 13.8. The van der Waals surface area contributed by atoms with Crippen LogP contribution in [-0.2, 0) is 11.4 Å². The van der Waals surface area contributed by atoms with Gasteiger partial charge in [0.1, 0.15) is 18.4 Å². The van der Waals surface area contributed by atoms with Crippen molar-refractivity contribution in [3.05, 3.63) is 60.2 Å². The summed E-state index contributed by atoms with van der Waals surface area (Å²) in [6, 6.07) is 18.3. The van der Waals surface area contributed by atoms with Crippen molar-refractivity contribution in [1.82, 2.24) is 15.1 Å². The van der Waals surface area contributed by atoms with Crippen molar-refractivity contribution in [2.24, 2.45) is 11.8 Å². The summed E-state index contributed by atoms with van der Waals surface area (Å²) in [6.07, 6.45) is 7.07. The fourth-order valence-corrected chi connectivity index (χ4v) is 6.02. The van der Waals surface area contributed by atoms with E-state index in [0.29, 0.717) is 38.0 Å². The van der Waals surface area contributed by atoms with Crippen molar-refractivity contribution in [2.45, 2.75) is 91.3 Å². The Morgan fingerprint density at radius 2 is 1.57 bits per heavy atom.